The maximum Gasteiger partial charge on any atom is 0.123 e. The van der Waals surface area contributed by atoms with E-state index in [0.29, 0.717) is 4.83 Å². The second-order valence-corrected chi connectivity index (χ2v) is 5.47. The average molecular weight is 310 g/mol. The summed E-state index contributed by atoms with van der Waals surface area (Å²) >= 11 is 6.86. The molecule has 0 bridgehead atoms. The highest BCUT2D eigenvalue weighted by atomic mass is 79.9. The highest BCUT2D eigenvalue weighted by Gasteiger charge is 2.03. The summed E-state index contributed by atoms with van der Waals surface area (Å²) in [5.41, 5.74) is 1.03. The third-order valence-electron chi connectivity index (χ3n) is 1.82. The predicted molar refractivity (Wildman–Crippen MR) is 60.8 cm³/mol. The van der Waals surface area contributed by atoms with Crippen molar-refractivity contribution in [3.05, 3.63) is 34.1 Å². The first kappa shape index (κ1) is 11.2. The average Bonchev–Trinajstić information content (AvgIpc) is 2.06. The van der Waals surface area contributed by atoms with Gasteiger partial charge in [-0.3, -0.25) is 0 Å². The SMILES string of the molecule is CC(Br)CCc1cc(F)ccc1Br. The van der Waals surface area contributed by atoms with Crippen LogP contribution in [-0.4, -0.2) is 4.83 Å². The Morgan fingerprint density at radius 2 is 2.15 bits per heavy atom. The molecule has 1 atom stereocenters. The second kappa shape index (κ2) is 5.11. The molecule has 0 N–H and O–H groups in total. The Morgan fingerprint density at radius 1 is 1.46 bits per heavy atom. The minimum atomic E-state index is -0.166. The number of halogens is 3. The summed E-state index contributed by atoms with van der Waals surface area (Å²) in [6, 6.07) is 4.80. The third kappa shape index (κ3) is 3.77. The fourth-order valence-electron chi connectivity index (χ4n) is 1.09. The van der Waals surface area contributed by atoms with Crippen LogP contribution >= 0.6 is 31.9 Å². The molecule has 0 amide bonds. The van der Waals surface area contributed by atoms with Crippen molar-refractivity contribution in [1.29, 1.82) is 0 Å². The van der Waals surface area contributed by atoms with E-state index < -0.39 is 0 Å². The molecule has 0 aliphatic rings. The number of benzene rings is 1. The molecule has 72 valence electrons. The van der Waals surface area contributed by atoms with Crippen molar-refractivity contribution in [2.75, 3.05) is 0 Å². The van der Waals surface area contributed by atoms with Crippen molar-refractivity contribution >= 4 is 31.9 Å². The molecule has 13 heavy (non-hydrogen) atoms. The Bertz CT molecular complexity index is 284. The molecule has 0 fully saturated rings. The number of hydrogen-bond donors (Lipinski definition) is 0. The normalized spacial score (nSPS) is 12.9. The Hall–Kier alpha value is 0.110. The zero-order valence-corrected chi connectivity index (χ0v) is 10.5. The standard InChI is InChI=1S/C10H11Br2F/c1-7(11)2-3-8-6-9(13)4-5-10(8)12/h4-7H,2-3H2,1H3. The quantitative estimate of drug-likeness (QED) is 0.730. The molecule has 1 aromatic rings. The van der Waals surface area contributed by atoms with Crippen LogP contribution < -0.4 is 0 Å². The summed E-state index contributed by atoms with van der Waals surface area (Å²) in [6.45, 7) is 2.09. The van der Waals surface area contributed by atoms with Gasteiger partial charge in [0.05, 0.1) is 0 Å². The Kier molecular flexibility index (Phi) is 4.39. The van der Waals surface area contributed by atoms with Gasteiger partial charge in [0.1, 0.15) is 5.82 Å². The van der Waals surface area contributed by atoms with Gasteiger partial charge in [0.2, 0.25) is 0 Å². The van der Waals surface area contributed by atoms with Crippen LogP contribution in [0.3, 0.4) is 0 Å². The lowest BCUT2D eigenvalue weighted by atomic mass is 10.1. The Balaban J connectivity index is 2.70. The van der Waals surface area contributed by atoms with Crippen LogP contribution in [0.5, 0.6) is 0 Å². The van der Waals surface area contributed by atoms with E-state index in [1.165, 1.54) is 6.07 Å². The van der Waals surface area contributed by atoms with Crippen molar-refractivity contribution in [1.82, 2.24) is 0 Å². The first-order valence-electron chi connectivity index (χ1n) is 4.17. The number of hydrogen-bond acceptors (Lipinski definition) is 0. The van der Waals surface area contributed by atoms with Gasteiger partial charge in [-0.15, -0.1) is 0 Å². The maximum absolute atomic E-state index is 12.8. The summed E-state index contributed by atoms with van der Waals surface area (Å²) in [5.74, 6) is -0.166. The van der Waals surface area contributed by atoms with E-state index in [0.717, 1.165) is 22.9 Å². The van der Waals surface area contributed by atoms with Gasteiger partial charge in [0.15, 0.2) is 0 Å². The molecule has 1 rings (SSSR count). The molecule has 0 spiro atoms. The summed E-state index contributed by atoms with van der Waals surface area (Å²) in [5, 5.41) is 0. The largest absolute Gasteiger partial charge is 0.207 e. The Labute approximate surface area is 94.8 Å². The molecule has 0 radical (unpaired) electrons. The third-order valence-corrected chi connectivity index (χ3v) is 3.05. The van der Waals surface area contributed by atoms with Crippen molar-refractivity contribution in [2.45, 2.75) is 24.6 Å². The van der Waals surface area contributed by atoms with Gasteiger partial charge in [-0.2, -0.15) is 0 Å². The van der Waals surface area contributed by atoms with E-state index in [-0.39, 0.29) is 5.82 Å². The summed E-state index contributed by atoms with van der Waals surface area (Å²) in [7, 11) is 0. The van der Waals surface area contributed by atoms with E-state index in [4.69, 9.17) is 0 Å². The van der Waals surface area contributed by atoms with Crippen molar-refractivity contribution in [2.24, 2.45) is 0 Å². The molecule has 1 aromatic carbocycles. The van der Waals surface area contributed by atoms with Gasteiger partial charge in [0.25, 0.3) is 0 Å². The summed E-state index contributed by atoms with van der Waals surface area (Å²) < 4.78 is 13.8. The van der Waals surface area contributed by atoms with Crippen molar-refractivity contribution in [3.63, 3.8) is 0 Å². The highest BCUT2D eigenvalue weighted by Crippen LogP contribution is 2.20. The van der Waals surface area contributed by atoms with Crippen LogP contribution in [0.15, 0.2) is 22.7 Å². The lowest BCUT2D eigenvalue weighted by molar-refractivity contribution is 0.624. The van der Waals surface area contributed by atoms with Crippen LogP contribution in [0, 0.1) is 5.82 Å². The lowest BCUT2D eigenvalue weighted by Crippen LogP contribution is -1.95. The first-order valence-corrected chi connectivity index (χ1v) is 5.88. The topological polar surface area (TPSA) is 0 Å². The Morgan fingerprint density at radius 3 is 2.77 bits per heavy atom. The minimum absolute atomic E-state index is 0.166. The van der Waals surface area contributed by atoms with E-state index in [9.17, 15) is 4.39 Å². The van der Waals surface area contributed by atoms with Gasteiger partial charge in [-0.25, -0.2) is 4.39 Å². The van der Waals surface area contributed by atoms with E-state index in [1.807, 2.05) is 0 Å². The molecular weight excluding hydrogens is 299 g/mol. The van der Waals surface area contributed by atoms with Crippen LogP contribution in [0.2, 0.25) is 0 Å². The summed E-state index contributed by atoms with van der Waals surface area (Å²) in [4.78, 5) is 0.475. The fourth-order valence-corrected chi connectivity index (χ4v) is 1.76. The van der Waals surface area contributed by atoms with Crippen molar-refractivity contribution in [3.8, 4) is 0 Å². The predicted octanol–water partition coefficient (Wildman–Crippen LogP) is 4.30. The number of rotatable bonds is 3. The van der Waals surface area contributed by atoms with E-state index in [1.54, 1.807) is 12.1 Å². The molecule has 1 unspecified atom stereocenters. The molecule has 0 aliphatic carbocycles. The van der Waals surface area contributed by atoms with E-state index >= 15 is 0 Å². The molecule has 0 nitrogen and oxygen atoms in total. The van der Waals surface area contributed by atoms with Crippen molar-refractivity contribution < 1.29 is 4.39 Å². The minimum Gasteiger partial charge on any atom is -0.207 e. The number of alkyl halides is 1. The summed E-state index contributed by atoms with van der Waals surface area (Å²) in [6.07, 6.45) is 1.91. The first-order chi connectivity index (χ1) is 6.09. The van der Waals surface area contributed by atoms with Gasteiger partial charge >= 0.3 is 0 Å². The zero-order chi connectivity index (χ0) is 9.84. The molecule has 0 aromatic heterocycles. The fraction of sp³-hybridized carbons (Fsp3) is 0.400. The van der Waals surface area contributed by atoms with Gasteiger partial charge < -0.3 is 0 Å². The van der Waals surface area contributed by atoms with Crippen LogP contribution in [0.1, 0.15) is 18.9 Å². The molecule has 0 heterocycles. The van der Waals surface area contributed by atoms with Gasteiger partial charge in [-0.05, 0) is 36.6 Å². The zero-order valence-electron chi connectivity index (χ0n) is 7.36. The number of aryl methyl sites for hydroxylation is 1. The lowest BCUT2D eigenvalue weighted by Gasteiger charge is -2.05. The second-order valence-electron chi connectivity index (χ2n) is 3.06. The molecule has 3 heteroatoms. The highest BCUT2D eigenvalue weighted by molar-refractivity contribution is 9.10. The maximum atomic E-state index is 12.8. The van der Waals surface area contributed by atoms with Gasteiger partial charge in [-0.1, -0.05) is 38.8 Å². The molecular formula is C10H11Br2F. The molecule has 0 saturated carbocycles. The smallest absolute Gasteiger partial charge is 0.123 e. The molecule has 0 aliphatic heterocycles. The molecule has 0 saturated heterocycles. The van der Waals surface area contributed by atoms with Crippen LogP contribution in [-0.2, 0) is 6.42 Å². The van der Waals surface area contributed by atoms with Gasteiger partial charge in [0, 0.05) is 9.30 Å². The monoisotopic (exact) mass is 308 g/mol. The van der Waals surface area contributed by atoms with Crippen LogP contribution in [0.25, 0.3) is 0 Å². The van der Waals surface area contributed by atoms with E-state index in [2.05, 4.69) is 38.8 Å². The van der Waals surface area contributed by atoms with Crippen LogP contribution in [0.4, 0.5) is 4.39 Å².